The maximum absolute atomic E-state index is 13.4. The molecule has 2 aliphatic rings. The molecule has 28 heavy (non-hydrogen) atoms. The third kappa shape index (κ3) is 5.70. The van der Waals surface area contributed by atoms with Crippen LogP contribution in [-0.4, -0.2) is 55.5 Å². The highest BCUT2D eigenvalue weighted by Gasteiger charge is 2.31. The number of halogens is 2. The van der Waals surface area contributed by atoms with E-state index in [4.69, 9.17) is 21.1 Å². The lowest BCUT2D eigenvalue weighted by atomic mass is 9.83. The highest BCUT2D eigenvalue weighted by molar-refractivity contribution is 6.34. The molecule has 1 aromatic heterocycles. The average molecular weight is 414 g/mol. The molecule has 0 bridgehead atoms. The number of carbonyl (C=O) groups is 1. The number of nitrogens with zero attached hydrogens (tertiary/aromatic N) is 2. The fourth-order valence-corrected chi connectivity index (χ4v) is 3.95. The number of ether oxygens (including phenoxy) is 2. The molecule has 1 aliphatic carbocycles. The van der Waals surface area contributed by atoms with E-state index in [9.17, 15) is 9.18 Å². The summed E-state index contributed by atoms with van der Waals surface area (Å²) in [6.07, 6.45) is 4.08. The summed E-state index contributed by atoms with van der Waals surface area (Å²) >= 11 is 6.50. The normalized spacial score (nSPS) is 23.8. The standard InChI is InChI=1S/C20H29ClFN3O3/c1-13(24-14(2)26)11-27-17-9-15(10-17)12-28-20-19(21)18(3-6-23-20)25-7-4-16(22)5-8-25/h3,6,13,15-17H,4-5,7-12H2,1-2H3,(H,24,26)/t13-,15?,17?/m0/s1. The van der Waals surface area contributed by atoms with Gasteiger partial charge < -0.3 is 19.7 Å². The molecule has 1 saturated carbocycles. The van der Waals surface area contributed by atoms with Crippen molar-refractivity contribution in [2.45, 2.75) is 57.8 Å². The fourth-order valence-electron chi connectivity index (χ4n) is 3.66. The second-order valence-corrected chi connectivity index (χ2v) is 8.19. The minimum atomic E-state index is -0.720. The first-order chi connectivity index (χ1) is 13.4. The van der Waals surface area contributed by atoms with E-state index in [2.05, 4.69) is 15.2 Å². The van der Waals surface area contributed by atoms with Crippen molar-refractivity contribution in [3.05, 3.63) is 17.3 Å². The van der Waals surface area contributed by atoms with Gasteiger partial charge in [-0.3, -0.25) is 4.79 Å². The minimum absolute atomic E-state index is 0.0148. The van der Waals surface area contributed by atoms with Crippen LogP contribution in [0.15, 0.2) is 12.3 Å². The Bertz CT molecular complexity index is 664. The van der Waals surface area contributed by atoms with Crippen molar-refractivity contribution >= 4 is 23.2 Å². The van der Waals surface area contributed by atoms with E-state index in [0.29, 0.717) is 56.0 Å². The molecule has 156 valence electrons. The monoisotopic (exact) mass is 413 g/mol. The van der Waals surface area contributed by atoms with Crippen LogP contribution in [0.25, 0.3) is 0 Å². The van der Waals surface area contributed by atoms with Gasteiger partial charge >= 0.3 is 0 Å². The van der Waals surface area contributed by atoms with Crippen molar-refractivity contribution in [1.82, 2.24) is 10.3 Å². The number of rotatable bonds is 8. The number of aromatic nitrogens is 1. The molecule has 8 heteroatoms. The highest BCUT2D eigenvalue weighted by Crippen LogP contribution is 2.36. The summed E-state index contributed by atoms with van der Waals surface area (Å²) < 4.78 is 25.0. The van der Waals surface area contributed by atoms with Crippen LogP contribution in [0.4, 0.5) is 10.1 Å². The largest absolute Gasteiger partial charge is 0.476 e. The summed E-state index contributed by atoms with van der Waals surface area (Å²) in [6, 6.07) is 1.87. The van der Waals surface area contributed by atoms with E-state index in [0.717, 1.165) is 18.5 Å². The molecule has 1 N–H and O–H groups in total. The number of anilines is 1. The number of hydrogen-bond donors (Lipinski definition) is 1. The van der Waals surface area contributed by atoms with Gasteiger partial charge in [-0.05, 0) is 44.6 Å². The zero-order chi connectivity index (χ0) is 20.1. The van der Waals surface area contributed by atoms with Crippen LogP contribution in [-0.2, 0) is 9.53 Å². The van der Waals surface area contributed by atoms with Gasteiger partial charge in [-0.1, -0.05) is 11.6 Å². The Kier molecular flexibility index (Phi) is 7.35. The zero-order valence-electron chi connectivity index (χ0n) is 16.5. The molecule has 2 fully saturated rings. The number of carbonyl (C=O) groups excluding carboxylic acids is 1. The molecule has 2 heterocycles. The van der Waals surface area contributed by atoms with Crippen molar-refractivity contribution in [3.63, 3.8) is 0 Å². The van der Waals surface area contributed by atoms with Gasteiger partial charge in [0.05, 0.1) is 25.0 Å². The molecule has 0 spiro atoms. The van der Waals surface area contributed by atoms with Crippen LogP contribution in [0.5, 0.6) is 5.88 Å². The predicted octanol–water partition coefficient (Wildman–Crippen LogP) is 3.37. The molecule has 1 atom stereocenters. The molecular formula is C20H29ClFN3O3. The summed E-state index contributed by atoms with van der Waals surface area (Å²) in [5.41, 5.74) is 0.861. The Morgan fingerprint density at radius 3 is 2.82 bits per heavy atom. The average Bonchev–Trinajstić information content (AvgIpc) is 2.61. The second-order valence-electron chi connectivity index (χ2n) is 7.82. The maximum atomic E-state index is 13.4. The van der Waals surface area contributed by atoms with E-state index in [1.165, 1.54) is 6.92 Å². The van der Waals surface area contributed by atoms with Gasteiger partial charge in [0.25, 0.3) is 0 Å². The minimum Gasteiger partial charge on any atom is -0.476 e. The summed E-state index contributed by atoms with van der Waals surface area (Å²) in [7, 11) is 0. The van der Waals surface area contributed by atoms with Gasteiger partial charge in [-0.15, -0.1) is 0 Å². The smallest absolute Gasteiger partial charge is 0.234 e. The summed E-state index contributed by atoms with van der Waals surface area (Å²) in [4.78, 5) is 17.4. The van der Waals surface area contributed by atoms with Gasteiger partial charge in [0, 0.05) is 32.3 Å². The molecule has 0 radical (unpaired) electrons. The number of piperidine rings is 1. The first kappa shape index (κ1) is 21.1. The predicted molar refractivity (Wildman–Crippen MR) is 107 cm³/mol. The van der Waals surface area contributed by atoms with Crippen molar-refractivity contribution in [2.75, 3.05) is 31.2 Å². The lowest BCUT2D eigenvalue weighted by molar-refractivity contribution is -0.120. The van der Waals surface area contributed by atoms with Crippen molar-refractivity contribution in [1.29, 1.82) is 0 Å². The molecule has 0 aromatic carbocycles. The molecule has 1 aliphatic heterocycles. The number of alkyl halides is 1. The summed E-state index contributed by atoms with van der Waals surface area (Å²) in [5, 5.41) is 3.31. The van der Waals surface area contributed by atoms with Crippen LogP contribution in [0.1, 0.15) is 39.5 Å². The molecule has 6 nitrogen and oxygen atoms in total. The van der Waals surface area contributed by atoms with Gasteiger partial charge in [-0.25, -0.2) is 9.37 Å². The van der Waals surface area contributed by atoms with E-state index < -0.39 is 6.17 Å². The quantitative estimate of drug-likeness (QED) is 0.707. The lowest BCUT2D eigenvalue weighted by Crippen LogP contribution is -2.40. The third-order valence-corrected chi connectivity index (χ3v) is 5.64. The summed E-state index contributed by atoms with van der Waals surface area (Å²) in [6.45, 7) is 5.81. The van der Waals surface area contributed by atoms with Gasteiger partial charge in [-0.2, -0.15) is 0 Å². The van der Waals surface area contributed by atoms with Crippen LogP contribution < -0.4 is 15.0 Å². The zero-order valence-corrected chi connectivity index (χ0v) is 17.3. The third-order valence-electron chi connectivity index (χ3n) is 5.28. The Balaban J connectivity index is 1.41. The highest BCUT2D eigenvalue weighted by atomic mass is 35.5. The lowest BCUT2D eigenvalue weighted by Gasteiger charge is -2.35. The van der Waals surface area contributed by atoms with Crippen molar-refractivity contribution in [3.8, 4) is 5.88 Å². The van der Waals surface area contributed by atoms with Crippen LogP contribution in [0.3, 0.4) is 0 Å². The van der Waals surface area contributed by atoms with Crippen molar-refractivity contribution in [2.24, 2.45) is 5.92 Å². The second kappa shape index (κ2) is 9.74. The fraction of sp³-hybridized carbons (Fsp3) is 0.700. The van der Waals surface area contributed by atoms with Crippen LogP contribution >= 0.6 is 11.6 Å². The van der Waals surface area contributed by atoms with E-state index in [-0.39, 0.29) is 18.1 Å². The molecule has 3 rings (SSSR count). The first-order valence-corrected chi connectivity index (χ1v) is 10.3. The van der Waals surface area contributed by atoms with E-state index in [1.807, 2.05) is 13.0 Å². The first-order valence-electron chi connectivity index (χ1n) is 9.97. The van der Waals surface area contributed by atoms with E-state index in [1.54, 1.807) is 6.20 Å². The number of amides is 1. The van der Waals surface area contributed by atoms with Gasteiger partial charge in [0.1, 0.15) is 11.2 Å². The van der Waals surface area contributed by atoms with Crippen LogP contribution in [0.2, 0.25) is 5.02 Å². The Hall–Kier alpha value is -1.60. The SMILES string of the molecule is CC(=O)N[C@@H](C)COC1CC(COc2nccc(N3CCC(F)CC3)c2Cl)C1. The molecule has 0 unspecified atom stereocenters. The Morgan fingerprint density at radius 2 is 2.14 bits per heavy atom. The topological polar surface area (TPSA) is 63.7 Å². The molecule has 1 aromatic rings. The number of pyridine rings is 1. The number of nitrogens with one attached hydrogen (secondary N) is 1. The van der Waals surface area contributed by atoms with Crippen molar-refractivity contribution < 1.29 is 18.7 Å². The van der Waals surface area contributed by atoms with Gasteiger partial charge in [0.15, 0.2) is 0 Å². The maximum Gasteiger partial charge on any atom is 0.234 e. The Morgan fingerprint density at radius 1 is 1.43 bits per heavy atom. The van der Waals surface area contributed by atoms with E-state index >= 15 is 0 Å². The summed E-state index contributed by atoms with van der Waals surface area (Å²) in [5.74, 6) is 0.798. The Labute approximate surface area is 170 Å². The molecular weight excluding hydrogens is 385 g/mol. The molecule has 1 amide bonds. The van der Waals surface area contributed by atoms with Crippen LogP contribution in [0, 0.1) is 5.92 Å². The molecule has 1 saturated heterocycles. The van der Waals surface area contributed by atoms with Gasteiger partial charge in [0.2, 0.25) is 11.8 Å². The number of hydrogen-bond acceptors (Lipinski definition) is 5.